The Morgan fingerprint density at radius 1 is 0.224 bits per heavy atom. The molecule has 12 aromatic carbocycles. The Bertz CT molecular complexity index is 4320. The first-order valence-electron chi connectivity index (χ1n) is 25.9. The first-order chi connectivity index (χ1) is 37.7. The second kappa shape index (κ2) is 19.3. The van der Waals surface area contributed by atoms with Crippen LogP contribution >= 0.6 is 11.3 Å². The average Bonchev–Trinajstić information content (AvgIpc) is 4.04. The zero-order valence-electron chi connectivity index (χ0n) is 41.5. The molecule has 0 bridgehead atoms. The van der Waals surface area contributed by atoms with Crippen LogP contribution < -0.4 is 9.80 Å². The lowest BCUT2D eigenvalue weighted by atomic mass is 10.0. The number of anilines is 6. The first kappa shape index (κ1) is 44.9. The number of fused-ring (bicyclic) bond motifs is 6. The molecule has 0 amide bonds. The molecule has 14 rings (SSSR count). The largest absolute Gasteiger partial charge is 0.310 e. The van der Waals surface area contributed by atoms with Gasteiger partial charge in [-0.2, -0.15) is 0 Å². The molecule has 0 radical (unpaired) electrons. The summed E-state index contributed by atoms with van der Waals surface area (Å²) in [5.41, 5.74) is 19.2. The summed E-state index contributed by atoms with van der Waals surface area (Å²) in [4.78, 5) is 4.83. The van der Waals surface area contributed by atoms with Crippen LogP contribution in [0.1, 0.15) is 0 Å². The predicted octanol–water partition coefficient (Wildman–Crippen LogP) is 20.8. The van der Waals surface area contributed by atoms with Crippen LogP contribution in [0.5, 0.6) is 0 Å². The molecule has 358 valence electrons. The number of benzene rings is 12. The normalized spacial score (nSPS) is 11.4. The highest BCUT2D eigenvalue weighted by Gasteiger charge is 2.21. The van der Waals surface area contributed by atoms with Crippen molar-refractivity contribution in [2.45, 2.75) is 0 Å². The number of nitrogens with zero attached hydrogens (tertiary/aromatic N) is 3. The summed E-state index contributed by atoms with van der Waals surface area (Å²) < 4.78 is 4.98. The van der Waals surface area contributed by atoms with Crippen LogP contribution in [0.25, 0.3) is 92.2 Å². The first-order valence-corrected chi connectivity index (χ1v) is 26.7. The number of hydrogen-bond donors (Lipinski definition) is 0. The fourth-order valence-electron chi connectivity index (χ4n) is 11.1. The minimum absolute atomic E-state index is 1.05. The van der Waals surface area contributed by atoms with Crippen LogP contribution in [0, 0.1) is 0 Å². The quantitative estimate of drug-likeness (QED) is 0.128. The van der Waals surface area contributed by atoms with Crippen molar-refractivity contribution in [2.24, 2.45) is 0 Å². The van der Waals surface area contributed by atoms with Gasteiger partial charge in [-0.3, -0.25) is 0 Å². The van der Waals surface area contributed by atoms with E-state index in [4.69, 9.17) is 0 Å². The van der Waals surface area contributed by atoms with Crippen LogP contribution in [-0.4, -0.2) is 4.57 Å². The minimum Gasteiger partial charge on any atom is -0.310 e. The van der Waals surface area contributed by atoms with E-state index in [1.165, 1.54) is 64.2 Å². The molecular weight excluding hydrogens is 939 g/mol. The van der Waals surface area contributed by atoms with Gasteiger partial charge in [-0.05, 0) is 148 Å². The molecule has 0 saturated carbocycles. The summed E-state index contributed by atoms with van der Waals surface area (Å²) in [6.07, 6.45) is 0. The van der Waals surface area contributed by atoms with Crippen LogP contribution in [0.2, 0.25) is 0 Å². The van der Waals surface area contributed by atoms with Gasteiger partial charge in [0.05, 0.1) is 11.0 Å². The van der Waals surface area contributed by atoms with Crippen molar-refractivity contribution in [2.75, 3.05) is 9.80 Å². The number of thiophene rings is 1. The Morgan fingerprint density at radius 2 is 0.618 bits per heavy atom. The van der Waals surface area contributed by atoms with E-state index >= 15 is 0 Å². The fraction of sp³-hybridized carbons (Fsp3) is 0. The summed E-state index contributed by atoms with van der Waals surface area (Å²) in [5, 5.41) is 4.99. The maximum absolute atomic E-state index is 2.43. The molecular formula is C72H49N3S. The highest BCUT2D eigenvalue weighted by atomic mass is 32.1. The molecule has 76 heavy (non-hydrogen) atoms. The molecule has 0 fully saturated rings. The number of aromatic nitrogens is 1. The third kappa shape index (κ3) is 8.28. The molecule has 3 nitrogen and oxygen atoms in total. The highest BCUT2D eigenvalue weighted by molar-refractivity contribution is 7.25. The standard InChI is InChI=1S/C72H49N3S/c1-4-18-50(19-5-1)53-36-39-58(40-37-53)75-69-34-12-10-32-65(69)66-42-38-57(47-70(66)75)56-26-16-29-61(46-56)74(64-41-43-72-68(49-64)67-33-11-13-35-71(67)76-72)63-31-17-30-62(48-63)73(59-27-14-24-54(44-59)51-20-6-2-7-21-51)60-28-15-25-55(45-60)52-22-8-3-9-23-52/h1-49H. The van der Waals surface area contributed by atoms with E-state index in [1.807, 2.05) is 11.3 Å². The lowest BCUT2D eigenvalue weighted by Gasteiger charge is -2.30. The minimum atomic E-state index is 1.05. The molecule has 0 N–H and O–H groups in total. The monoisotopic (exact) mass is 987 g/mol. The lowest BCUT2D eigenvalue weighted by molar-refractivity contribution is 1.18. The van der Waals surface area contributed by atoms with E-state index in [0.29, 0.717) is 0 Å². The molecule has 0 unspecified atom stereocenters. The fourth-order valence-corrected chi connectivity index (χ4v) is 12.2. The van der Waals surface area contributed by atoms with Crippen molar-refractivity contribution >= 4 is 87.4 Å². The van der Waals surface area contributed by atoms with Gasteiger partial charge in [-0.25, -0.2) is 0 Å². The average molecular weight is 988 g/mol. The maximum Gasteiger partial charge on any atom is 0.0547 e. The molecule has 2 aromatic heterocycles. The summed E-state index contributed by atoms with van der Waals surface area (Å²) in [6.45, 7) is 0. The topological polar surface area (TPSA) is 11.4 Å². The van der Waals surface area contributed by atoms with Crippen molar-refractivity contribution < 1.29 is 0 Å². The lowest BCUT2D eigenvalue weighted by Crippen LogP contribution is -2.13. The van der Waals surface area contributed by atoms with Gasteiger partial charge in [0.1, 0.15) is 0 Å². The molecule has 0 aliphatic heterocycles. The molecule has 0 aliphatic carbocycles. The molecule has 0 atom stereocenters. The Hall–Kier alpha value is -9.74. The van der Waals surface area contributed by atoms with Gasteiger partial charge >= 0.3 is 0 Å². The van der Waals surface area contributed by atoms with Gasteiger partial charge in [-0.15, -0.1) is 11.3 Å². The zero-order chi connectivity index (χ0) is 50.4. The van der Waals surface area contributed by atoms with E-state index in [9.17, 15) is 0 Å². The van der Waals surface area contributed by atoms with Crippen molar-refractivity contribution in [3.63, 3.8) is 0 Å². The Morgan fingerprint density at radius 3 is 1.21 bits per heavy atom. The van der Waals surface area contributed by atoms with Gasteiger partial charge < -0.3 is 14.4 Å². The second-order valence-electron chi connectivity index (χ2n) is 19.3. The van der Waals surface area contributed by atoms with Crippen molar-refractivity contribution in [1.82, 2.24) is 4.57 Å². The van der Waals surface area contributed by atoms with Crippen molar-refractivity contribution in [3.05, 3.63) is 297 Å². The summed E-state index contributed by atoms with van der Waals surface area (Å²) in [5.74, 6) is 0. The van der Waals surface area contributed by atoms with E-state index < -0.39 is 0 Å². The Kier molecular flexibility index (Phi) is 11.4. The van der Waals surface area contributed by atoms with Gasteiger partial charge in [0.25, 0.3) is 0 Å². The van der Waals surface area contributed by atoms with Gasteiger partial charge in [0, 0.05) is 70.8 Å². The third-order valence-electron chi connectivity index (χ3n) is 14.7. The summed E-state index contributed by atoms with van der Waals surface area (Å²) in [6, 6.07) is 108. The van der Waals surface area contributed by atoms with Gasteiger partial charge in [0.15, 0.2) is 0 Å². The SMILES string of the molecule is c1ccc(-c2ccc(-n3c4ccccc4c4ccc(-c5cccc(N(c6cccc(N(c7cccc(-c8ccccc8)c7)c7cccc(-c8ccccc8)c7)c6)c6ccc7sc8ccccc8c7c6)c5)cc43)cc2)cc1. The van der Waals surface area contributed by atoms with E-state index in [0.717, 1.165) is 62.1 Å². The molecule has 2 heterocycles. The second-order valence-corrected chi connectivity index (χ2v) is 20.4. The van der Waals surface area contributed by atoms with E-state index in [2.05, 4.69) is 312 Å². The Labute approximate surface area is 446 Å². The van der Waals surface area contributed by atoms with Crippen LogP contribution in [-0.2, 0) is 0 Å². The molecule has 14 aromatic rings. The highest BCUT2D eigenvalue weighted by Crippen LogP contribution is 2.45. The third-order valence-corrected chi connectivity index (χ3v) is 15.9. The van der Waals surface area contributed by atoms with Crippen LogP contribution in [0.3, 0.4) is 0 Å². The van der Waals surface area contributed by atoms with E-state index in [1.54, 1.807) is 0 Å². The molecule has 0 spiro atoms. The summed E-state index contributed by atoms with van der Waals surface area (Å²) in [7, 11) is 0. The molecule has 4 heteroatoms. The number of para-hydroxylation sites is 1. The smallest absolute Gasteiger partial charge is 0.0547 e. The van der Waals surface area contributed by atoms with Crippen LogP contribution in [0.4, 0.5) is 34.1 Å². The van der Waals surface area contributed by atoms with Crippen molar-refractivity contribution in [3.8, 4) is 50.2 Å². The summed E-state index contributed by atoms with van der Waals surface area (Å²) >= 11 is 1.85. The maximum atomic E-state index is 2.43. The van der Waals surface area contributed by atoms with Crippen LogP contribution in [0.15, 0.2) is 297 Å². The Balaban J connectivity index is 0.924. The van der Waals surface area contributed by atoms with Crippen molar-refractivity contribution in [1.29, 1.82) is 0 Å². The predicted molar refractivity (Wildman–Crippen MR) is 325 cm³/mol. The van der Waals surface area contributed by atoms with E-state index in [-0.39, 0.29) is 0 Å². The molecule has 0 saturated heterocycles. The zero-order valence-corrected chi connectivity index (χ0v) is 42.4. The number of rotatable bonds is 11. The van der Waals surface area contributed by atoms with Gasteiger partial charge in [0.2, 0.25) is 0 Å². The van der Waals surface area contributed by atoms with Gasteiger partial charge in [-0.1, -0.05) is 194 Å². The molecule has 0 aliphatic rings. The number of hydrogen-bond acceptors (Lipinski definition) is 3.